The number of aryl methyl sites for hydroxylation is 2. The van der Waals surface area contributed by atoms with Gasteiger partial charge in [0.2, 0.25) is 5.91 Å². The molecule has 2 aromatic carbocycles. The van der Waals surface area contributed by atoms with Crippen molar-refractivity contribution in [2.45, 2.75) is 25.8 Å². The molecule has 8 heteroatoms. The number of ether oxygens (including phenoxy) is 1. The average molecular weight is 482 g/mol. The fourth-order valence-corrected chi connectivity index (χ4v) is 4.83. The van der Waals surface area contributed by atoms with E-state index in [9.17, 15) is 9.59 Å². The summed E-state index contributed by atoms with van der Waals surface area (Å²) in [5, 5.41) is 3.87. The van der Waals surface area contributed by atoms with Gasteiger partial charge in [0.1, 0.15) is 22.6 Å². The molecule has 1 saturated carbocycles. The number of benzene rings is 2. The number of fused-ring (bicyclic) bond motifs is 2. The number of hydrogen-bond acceptors (Lipinski definition) is 4. The molecule has 0 atom stereocenters. The number of rotatable bonds is 6. The minimum absolute atomic E-state index is 0.0901. The molecule has 8 nitrogen and oxygen atoms in total. The largest absolute Gasteiger partial charge is 0.454 e. The first-order chi connectivity index (χ1) is 17.5. The standard InChI is InChI=1S/C28H27N5O3/c1-32-16-21(19-13-14-29-24(19)28(32)35)20-11-12-22-25(26(20)36-18-9-4-3-5-10-18)31-23(33(22)2)15-30-27(34)17-7-6-8-17/h3-5,9-14,16-17,29H,6-8,15H2,1-2H3,(H,30,34). The molecule has 5 aromatic rings. The van der Waals surface area contributed by atoms with Crippen molar-refractivity contribution in [1.29, 1.82) is 0 Å². The molecule has 0 unspecified atom stereocenters. The third-order valence-corrected chi connectivity index (χ3v) is 7.14. The van der Waals surface area contributed by atoms with E-state index in [0.29, 0.717) is 29.1 Å². The molecular weight excluding hydrogens is 454 g/mol. The topological polar surface area (TPSA) is 93.9 Å². The summed E-state index contributed by atoms with van der Waals surface area (Å²) in [5.74, 6) is 2.26. The van der Waals surface area contributed by atoms with Crippen LogP contribution in [0, 0.1) is 5.92 Å². The van der Waals surface area contributed by atoms with Crippen molar-refractivity contribution >= 4 is 27.8 Å². The first-order valence-corrected chi connectivity index (χ1v) is 12.2. The molecule has 6 rings (SSSR count). The van der Waals surface area contributed by atoms with Crippen molar-refractivity contribution in [2.24, 2.45) is 20.0 Å². The van der Waals surface area contributed by atoms with E-state index in [-0.39, 0.29) is 17.4 Å². The van der Waals surface area contributed by atoms with Crippen LogP contribution in [0.25, 0.3) is 33.1 Å². The average Bonchev–Trinajstić information content (AvgIpc) is 3.46. The van der Waals surface area contributed by atoms with Crippen LogP contribution in [0.3, 0.4) is 0 Å². The van der Waals surface area contributed by atoms with Crippen molar-refractivity contribution < 1.29 is 9.53 Å². The third-order valence-electron chi connectivity index (χ3n) is 7.14. The molecule has 0 radical (unpaired) electrons. The van der Waals surface area contributed by atoms with Crippen molar-refractivity contribution in [3.63, 3.8) is 0 Å². The second kappa shape index (κ2) is 8.71. The van der Waals surface area contributed by atoms with Crippen LogP contribution in [0.15, 0.2) is 65.7 Å². The Balaban J connectivity index is 1.50. The third kappa shape index (κ3) is 3.66. The van der Waals surface area contributed by atoms with Crippen LogP contribution < -0.4 is 15.6 Å². The molecule has 0 saturated heterocycles. The van der Waals surface area contributed by atoms with Crippen molar-refractivity contribution in [2.75, 3.05) is 0 Å². The Morgan fingerprint density at radius 3 is 2.67 bits per heavy atom. The predicted molar refractivity (Wildman–Crippen MR) is 139 cm³/mol. The molecule has 2 N–H and O–H groups in total. The van der Waals surface area contributed by atoms with Gasteiger partial charge in [0.05, 0.1) is 12.1 Å². The summed E-state index contributed by atoms with van der Waals surface area (Å²) in [6, 6.07) is 15.5. The number of nitrogens with zero attached hydrogens (tertiary/aromatic N) is 3. The minimum Gasteiger partial charge on any atom is -0.454 e. The predicted octanol–water partition coefficient (Wildman–Crippen LogP) is 4.63. The lowest BCUT2D eigenvalue weighted by Crippen LogP contribution is -2.34. The molecule has 0 bridgehead atoms. The maximum atomic E-state index is 12.7. The Bertz CT molecular complexity index is 1660. The van der Waals surface area contributed by atoms with Gasteiger partial charge in [-0.3, -0.25) is 9.59 Å². The molecule has 1 aliphatic carbocycles. The molecule has 1 amide bonds. The van der Waals surface area contributed by atoms with E-state index in [4.69, 9.17) is 9.72 Å². The number of amides is 1. The number of nitrogens with one attached hydrogen (secondary N) is 2. The highest BCUT2D eigenvalue weighted by molar-refractivity contribution is 6.00. The van der Waals surface area contributed by atoms with Gasteiger partial charge in [0, 0.05) is 48.9 Å². The van der Waals surface area contributed by atoms with Crippen LogP contribution in [0.5, 0.6) is 11.5 Å². The number of carbonyl (C=O) groups is 1. The smallest absolute Gasteiger partial charge is 0.274 e. The number of pyridine rings is 1. The monoisotopic (exact) mass is 481 g/mol. The number of imidazole rings is 1. The van der Waals surface area contributed by atoms with Gasteiger partial charge in [-0.15, -0.1) is 0 Å². The van der Waals surface area contributed by atoms with Crippen LogP contribution in [-0.4, -0.2) is 25.0 Å². The molecule has 0 aliphatic heterocycles. The highest BCUT2D eigenvalue weighted by Crippen LogP contribution is 2.41. The summed E-state index contributed by atoms with van der Waals surface area (Å²) in [5.41, 5.74) is 3.74. The second-order valence-corrected chi connectivity index (χ2v) is 9.38. The van der Waals surface area contributed by atoms with Crippen molar-refractivity contribution in [3.8, 4) is 22.6 Å². The molecule has 3 aromatic heterocycles. The number of hydrogen-bond donors (Lipinski definition) is 2. The van der Waals surface area contributed by atoms with E-state index >= 15 is 0 Å². The van der Waals surface area contributed by atoms with E-state index in [0.717, 1.165) is 47.1 Å². The fraction of sp³-hybridized carbons (Fsp3) is 0.250. The second-order valence-electron chi connectivity index (χ2n) is 9.38. The normalized spacial score (nSPS) is 13.7. The van der Waals surface area contributed by atoms with Crippen LogP contribution in [0.4, 0.5) is 0 Å². The lowest BCUT2D eigenvalue weighted by atomic mass is 9.85. The first-order valence-electron chi connectivity index (χ1n) is 12.2. The molecule has 3 heterocycles. The van der Waals surface area contributed by atoms with Gasteiger partial charge in [0.15, 0.2) is 5.75 Å². The summed E-state index contributed by atoms with van der Waals surface area (Å²) in [7, 11) is 3.69. The summed E-state index contributed by atoms with van der Waals surface area (Å²) in [4.78, 5) is 33.1. The number of aromatic nitrogens is 4. The summed E-state index contributed by atoms with van der Waals surface area (Å²) in [6.07, 6.45) is 6.64. The van der Waals surface area contributed by atoms with E-state index in [1.807, 2.05) is 66.3 Å². The zero-order chi connectivity index (χ0) is 24.8. The Kier molecular flexibility index (Phi) is 5.36. The zero-order valence-corrected chi connectivity index (χ0v) is 20.2. The van der Waals surface area contributed by atoms with Crippen LogP contribution >= 0.6 is 0 Å². The maximum absolute atomic E-state index is 12.7. The Hall–Kier alpha value is -4.33. The quantitative estimate of drug-likeness (QED) is 0.370. The highest BCUT2D eigenvalue weighted by Gasteiger charge is 2.26. The molecule has 0 spiro atoms. The van der Waals surface area contributed by atoms with E-state index in [1.54, 1.807) is 17.8 Å². The van der Waals surface area contributed by atoms with Gasteiger partial charge < -0.3 is 24.2 Å². The number of para-hydroxylation sites is 1. The van der Waals surface area contributed by atoms with Crippen molar-refractivity contribution in [3.05, 3.63) is 77.1 Å². The van der Waals surface area contributed by atoms with Gasteiger partial charge in [0.25, 0.3) is 5.56 Å². The van der Waals surface area contributed by atoms with E-state index in [1.165, 1.54) is 0 Å². The maximum Gasteiger partial charge on any atom is 0.274 e. The van der Waals surface area contributed by atoms with Crippen LogP contribution in [-0.2, 0) is 25.4 Å². The molecule has 36 heavy (non-hydrogen) atoms. The number of aromatic amines is 1. The Labute approximate surface area is 207 Å². The molecule has 1 fully saturated rings. The van der Waals surface area contributed by atoms with E-state index in [2.05, 4.69) is 10.3 Å². The lowest BCUT2D eigenvalue weighted by Gasteiger charge is -2.23. The summed E-state index contributed by atoms with van der Waals surface area (Å²) < 4.78 is 10.0. The SMILES string of the molecule is Cn1cc(-c2ccc3c(nc(CNC(=O)C4CCC4)n3C)c2Oc2ccccc2)c2cc[nH]c2c1=O. The van der Waals surface area contributed by atoms with Crippen molar-refractivity contribution in [1.82, 2.24) is 24.4 Å². The highest BCUT2D eigenvalue weighted by atomic mass is 16.5. The summed E-state index contributed by atoms with van der Waals surface area (Å²) in [6.45, 7) is 0.350. The van der Waals surface area contributed by atoms with E-state index < -0.39 is 0 Å². The summed E-state index contributed by atoms with van der Waals surface area (Å²) >= 11 is 0. The molecule has 182 valence electrons. The van der Waals surface area contributed by atoms with Gasteiger partial charge in [-0.2, -0.15) is 0 Å². The van der Waals surface area contributed by atoms with Gasteiger partial charge in [-0.1, -0.05) is 24.6 Å². The van der Waals surface area contributed by atoms with Gasteiger partial charge in [-0.25, -0.2) is 4.98 Å². The lowest BCUT2D eigenvalue weighted by molar-refractivity contribution is -0.127. The minimum atomic E-state index is -0.0901. The van der Waals surface area contributed by atoms with Gasteiger partial charge in [-0.05, 0) is 43.2 Å². The molecule has 1 aliphatic rings. The Morgan fingerprint density at radius 2 is 1.92 bits per heavy atom. The number of carbonyl (C=O) groups excluding carboxylic acids is 1. The van der Waals surface area contributed by atoms with Crippen LogP contribution in [0.2, 0.25) is 0 Å². The van der Waals surface area contributed by atoms with Gasteiger partial charge >= 0.3 is 0 Å². The molecular formula is C28H27N5O3. The van der Waals surface area contributed by atoms with Crippen LogP contribution in [0.1, 0.15) is 25.1 Å². The fourth-order valence-electron chi connectivity index (χ4n) is 4.83. The number of H-pyrrole nitrogens is 1. The zero-order valence-electron chi connectivity index (χ0n) is 20.2. The Morgan fingerprint density at radius 1 is 1.11 bits per heavy atom. The first kappa shape index (κ1) is 22.2.